The van der Waals surface area contributed by atoms with Crippen molar-refractivity contribution in [3.05, 3.63) is 77.0 Å². The zero-order valence-corrected chi connectivity index (χ0v) is 17.8. The SMILES string of the molecule is CC(Sc1nccn1-c1ccc(Br)cc1)/C(O)=C(/C#N)c1nc2ccccc2[nH]1. The van der Waals surface area contributed by atoms with Crippen molar-refractivity contribution in [1.29, 1.82) is 5.26 Å². The molecule has 0 saturated heterocycles. The first-order valence-corrected chi connectivity index (χ1v) is 10.5. The molecule has 4 aromatic rings. The molecular formula is C21H16BrN5OS. The summed E-state index contributed by atoms with van der Waals surface area (Å²) in [6, 6.07) is 17.5. The molecule has 2 N–H and O–H groups in total. The maximum atomic E-state index is 10.8. The molecule has 0 aliphatic heterocycles. The predicted molar refractivity (Wildman–Crippen MR) is 118 cm³/mol. The van der Waals surface area contributed by atoms with Gasteiger partial charge in [0.15, 0.2) is 11.0 Å². The number of para-hydroxylation sites is 2. The first kappa shape index (κ1) is 19.3. The van der Waals surface area contributed by atoms with E-state index in [2.05, 4.69) is 37.0 Å². The zero-order valence-electron chi connectivity index (χ0n) is 15.4. The normalized spacial score (nSPS) is 13.1. The van der Waals surface area contributed by atoms with Crippen molar-refractivity contribution in [2.45, 2.75) is 17.3 Å². The van der Waals surface area contributed by atoms with E-state index in [0.717, 1.165) is 21.2 Å². The van der Waals surface area contributed by atoms with Gasteiger partial charge in [-0.1, -0.05) is 39.8 Å². The van der Waals surface area contributed by atoms with E-state index in [0.29, 0.717) is 11.0 Å². The average molecular weight is 466 g/mol. The van der Waals surface area contributed by atoms with Gasteiger partial charge in [-0.15, -0.1) is 0 Å². The van der Waals surface area contributed by atoms with E-state index in [4.69, 9.17) is 0 Å². The van der Waals surface area contributed by atoms with Crippen molar-refractivity contribution >= 4 is 44.3 Å². The van der Waals surface area contributed by atoms with Gasteiger partial charge in [-0.25, -0.2) is 9.97 Å². The smallest absolute Gasteiger partial charge is 0.173 e. The number of benzene rings is 2. The van der Waals surface area contributed by atoms with Crippen LogP contribution < -0.4 is 0 Å². The molecule has 29 heavy (non-hydrogen) atoms. The maximum absolute atomic E-state index is 10.8. The minimum atomic E-state index is -0.394. The monoisotopic (exact) mass is 465 g/mol. The summed E-state index contributed by atoms with van der Waals surface area (Å²) < 4.78 is 2.93. The lowest BCUT2D eigenvalue weighted by molar-refractivity contribution is 0.401. The fraction of sp³-hybridized carbons (Fsp3) is 0.0952. The number of hydrogen-bond donors (Lipinski definition) is 2. The summed E-state index contributed by atoms with van der Waals surface area (Å²) >= 11 is 4.81. The summed E-state index contributed by atoms with van der Waals surface area (Å²) in [7, 11) is 0. The number of aromatic amines is 1. The number of aromatic nitrogens is 4. The van der Waals surface area contributed by atoms with E-state index in [1.165, 1.54) is 11.8 Å². The minimum Gasteiger partial charge on any atom is -0.510 e. The van der Waals surface area contributed by atoms with Crippen LogP contribution in [0.3, 0.4) is 0 Å². The number of H-pyrrole nitrogens is 1. The van der Waals surface area contributed by atoms with Gasteiger partial charge in [0.2, 0.25) is 0 Å². The second-order valence-corrected chi connectivity index (χ2v) is 8.51. The number of nitrogens with zero attached hydrogens (tertiary/aromatic N) is 4. The van der Waals surface area contributed by atoms with Crippen LogP contribution in [0, 0.1) is 11.3 Å². The number of halogens is 1. The summed E-state index contributed by atoms with van der Waals surface area (Å²) in [6.45, 7) is 1.83. The molecule has 2 aromatic carbocycles. The van der Waals surface area contributed by atoms with Crippen LogP contribution >= 0.6 is 27.7 Å². The third-order valence-electron chi connectivity index (χ3n) is 4.37. The Hall–Kier alpha value is -3.02. The molecule has 1 atom stereocenters. The van der Waals surface area contributed by atoms with Crippen LogP contribution in [0.1, 0.15) is 12.7 Å². The fourth-order valence-electron chi connectivity index (χ4n) is 2.90. The van der Waals surface area contributed by atoms with Crippen molar-refractivity contribution in [1.82, 2.24) is 19.5 Å². The standard InChI is InChI=1S/C21H16BrN5OS/c1-13(29-21-24-10-11-27(21)15-8-6-14(22)7-9-15)19(28)16(12-23)20-25-17-4-2-3-5-18(17)26-20/h2-11,13,28H,1H3,(H,25,26)/b19-16+. The van der Waals surface area contributed by atoms with Crippen LogP contribution in [-0.4, -0.2) is 29.9 Å². The molecule has 0 saturated carbocycles. The molecule has 1 unspecified atom stereocenters. The lowest BCUT2D eigenvalue weighted by Gasteiger charge is -2.13. The Morgan fingerprint density at radius 2 is 2.00 bits per heavy atom. The van der Waals surface area contributed by atoms with Gasteiger partial charge in [0, 0.05) is 22.6 Å². The average Bonchev–Trinajstić information content (AvgIpc) is 3.36. The predicted octanol–water partition coefficient (Wildman–Crippen LogP) is 5.48. The van der Waals surface area contributed by atoms with Gasteiger partial charge in [-0.2, -0.15) is 5.26 Å². The van der Waals surface area contributed by atoms with Gasteiger partial charge in [-0.05, 0) is 43.3 Å². The van der Waals surface area contributed by atoms with Gasteiger partial charge in [0.1, 0.15) is 17.4 Å². The molecule has 2 heterocycles. The largest absolute Gasteiger partial charge is 0.510 e. The molecule has 0 fully saturated rings. The number of aliphatic hydroxyl groups is 1. The molecule has 6 nitrogen and oxygen atoms in total. The number of nitrogens with one attached hydrogen (secondary N) is 1. The van der Waals surface area contributed by atoms with E-state index >= 15 is 0 Å². The number of aliphatic hydroxyl groups excluding tert-OH is 1. The van der Waals surface area contributed by atoms with Crippen molar-refractivity contribution in [3.63, 3.8) is 0 Å². The summed E-state index contributed by atoms with van der Waals surface area (Å²) in [6.07, 6.45) is 3.58. The number of nitriles is 1. The van der Waals surface area contributed by atoms with Gasteiger partial charge >= 0.3 is 0 Å². The molecule has 0 aliphatic carbocycles. The van der Waals surface area contributed by atoms with Crippen molar-refractivity contribution in [2.75, 3.05) is 0 Å². The van der Waals surface area contributed by atoms with Gasteiger partial charge in [0.05, 0.1) is 16.3 Å². The Morgan fingerprint density at radius 3 is 2.72 bits per heavy atom. The molecule has 0 spiro atoms. The highest BCUT2D eigenvalue weighted by molar-refractivity contribution is 9.10. The molecule has 0 radical (unpaired) electrons. The number of thioether (sulfide) groups is 1. The molecule has 0 aliphatic rings. The molecule has 8 heteroatoms. The lowest BCUT2D eigenvalue weighted by Crippen LogP contribution is -2.07. The number of imidazole rings is 2. The second-order valence-electron chi connectivity index (χ2n) is 6.29. The summed E-state index contributed by atoms with van der Waals surface area (Å²) in [5, 5.41) is 20.8. The molecule has 4 rings (SSSR count). The zero-order chi connectivity index (χ0) is 20.4. The number of hydrogen-bond acceptors (Lipinski definition) is 5. The third kappa shape index (κ3) is 3.92. The Morgan fingerprint density at radius 1 is 1.24 bits per heavy atom. The first-order valence-electron chi connectivity index (χ1n) is 8.81. The summed E-state index contributed by atoms with van der Waals surface area (Å²) in [5.41, 5.74) is 2.65. The second kappa shape index (κ2) is 8.15. The van der Waals surface area contributed by atoms with Crippen molar-refractivity contribution in [2.24, 2.45) is 0 Å². The van der Waals surface area contributed by atoms with Crippen LogP contribution in [0.25, 0.3) is 22.3 Å². The Kier molecular flexibility index (Phi) is 5.43. The van der Waals surface area contributed by atoms with E-state index in [1.54, 1.807) is 6.20 Å². The maximum Gasteiger partial charge on any atom is 0.173 e. The van der Waals surface area contributed by atoms with Crippen LogP contribution in [-0.2, 0) is 0 Å². The summed E-state index contributed by atoms with van der Waals surface area (Å²) in [5.74, 6) is 0.316. The van der Waals surface area contributed by atoms with Crippen molar-refractivity contribution in [3.8, 4) is 11.8 Å². The Labute approximate surface area is 180 Å². The van der Waals surface area contributed by atoms with Gasteiger partial charge < -0.3 is 10.1 Å². The minimum absolute atomic E-state index is 0.0399. The van der Waals surface area contributed by atoms with E-state index in [9.17, 15) is 10.4 Å². The van der Waals surface area contributed by atoms with E-state index in [1.807, 2.05) is 66.2 Å². The summed E-state index contributed by atoms with van der Waals surface area (Å²) in [4.78, 5) is 11.9. The first-order chi connectivity index (χ1) is 14.1. The van der Waals surface area contributed by atoms with Crippen molar-refractivity contribution < 1.29 is 5.11 Å². The third-order valence-corrected chi connectivity index (χ3v) is 5.99. The van der Waals surface area contributed by atoms with Crippen LogP contribution in [0.5, 0.6) is 0 Å². The highest BCUT2D eigenvalue weighted by Gasteiger charge is 2.21. The van der Waals surface area contributed by atoms with E-state index < -0.39 is 5.25 Å². The highest BCUT2D eigenvalue weighted by Crippen LogP contribution is 2.31. The lowest BCUT2D eigenvalue weighted by atomic mass is 10.2. The fourth-order valence-corrected chi connectivity index (χ4v) is 4.11. The topological polar surface area (TPSA) is 90.5 Å². The van der Waals surface area contributed by atoms with Gasteiger partial charge in [0.25, 0.3) is 0 Å². The van der Waals surface area contributed by atoms with Crippen LogP contribution in [0.4, 0.5) is 0 Å². The van der Waals surface area contributed by atoms with Gasteiger partial charge in [-0.3, -0.25) is 4.57 Å². The van der Waals surface area contributed by atoms with E-state index in [-0.39, 0.29) is 11.3 Å². The number of fused-ring (bicyclic) bond motifs is 1. The number of allylic oxidation sites excluding steroid dienone is 1. The molecule has 2 aromatic heterocycles. The molecule has 0 amide bonds. The Bertz CT molecular complexity index is 1200. The molecular weight excluding hydrogens is 450 g/mol. The number of rotatable bonds is 5. The molecule has 144 valence electrons. The Balaban J connectivity index is 1.64. The molecule has 0 bridgehead atoms. The van der Waals surface area contributed by atoms with Crippen LogP contribution in [0.15, 0.2) is 76.3 Å². The quantitative estimate of drug-likeness (QED) is 0.231. The highest BCUT2D eigenvalue weighted by atomic mass is 79.9. The van der Waals surface area contributed by atoms with Crippen LogP contribution in [0.2, 0.25) is 0 Å².